The van der Waals surface area contributed by atoms with Gasteiger partial charge in [0, 0.05) is 18.8 Å². The lowest BCUT2D eigenvalue weighted by Crippen LogP contribution is -2.60. The molecule has 6 nitrogen and oxygen atoms in total. The van der Waals surface area contributed by atoms with Crippen LogP contribution in [0.3, 0.4) is 0 Å². The monoisotopic (exact) mass is 452 g/mol. The SMILES string of the molecule is NC(=O)[C@H]1CCNC[C@@H]1N1CCCC(Nc2cc(C(F)(F)F)cc(C(F)(F)F)c2)C1=O. The molecule has 0 bridgehead atoms. The lowest BCUT2D eigenvalue weighted by molar-refractivity contribution is -0.143. The van der Waals surface area contributed by atoms with Crippen molar-refractivity contribution in [2.75, 3.05) is 25.0 Å². The summed E-state index contributed by atoms with van der Waals surface area (Å²) in [5, 5.41) is 5.62. The van der Waals surface area contributed by atoms with E-state index in [0.29, 0.717) is 44.6 Å². The van der Waals surface area contributed by atoms with Crippen molar-refractivity contribution in [1.82, 2.24) is 10.2 Å². The largest absolute Gasteiger partial charge is 0.416 e. The summed E-state index contributed by atoms with van der Waals surface area (Å²) >= 11 is 0. The molecule has 2 aliphatic heterocycles. The number of likely N-dealkylation sites (tertiary alicyclic amines) is 1. The number of primary amides is 1. The van der Waals surface area contributed by atoms with Crippen LogP contribution in [0.2, 0.25) is 0 Å². The molecule has 1 unspecified atom stereocenters. The smallest absolute Gasteiger partial charge is 0.374 e. The van der Waals surface area contributed by atoms with Crippen molar-refractivity contribution in [2.24, 2.45) is 11.7 Å². The van der Waals surface area contributed by atoms with E-state index in [4.69, 9.17) is 5.73 Å². The molecular formula is C19H22F6N4O2. The molecule has 31 heavy (non-hydrogen) atoms. The lowest BCUT2D eigenvalue weighted by Gasteiger charge is -2.43. The standard InChI is InChI=1S/C19H22F6N4O2/c20-18(21,22)10-6-11(19(23,24)25)8-12(7-10)28-14-2-1-5-29(17(14)31)15-9-27-4-3-13(15)16(26)30/h6-8,13-15,27-28H,1-5,9H2,(H2,26,30)/t13-,14?,15-/m0/s1. The van der Waals surface area contributed by atoms with Crippen LogP contribution in [-0.4, -0.2) is 48.4 Å². The molecule has 2 fully saturated rings. The summed E-state index contributed by atoms with van der Waals surface area (Å²) < 4.78 is 78.6. The topological polar surface area (TPSA) is 87.5 Å². The Morgan fingerprint density at radius 2 is 1.68 bits per heavy atom. The molecular weight excluding hydrogens is 430 g/mol. The molecule has 2 saturated heterocycles. The molecule has 0 saturated carbocycles. The normalized spacial score (nSPS) is 25.4. The number of rotatable bonds is 4. The van der Waals surface area contributed by atoms with Crippen molar-refractivity contribution < 1.29 is 35.9 Å². The molecule has 12 heteroatoms. The van der Waals surface area contributed by atoms with Gasteiger partial charge in [-0.2, -0.15) is 26.3 Å². The van der Waals surface area contributed by atoms with E-state index in [1.54, 1.807) is 0 Å². The Labute approximate surface area is 174 Å². The molecule has 2 heterocycles. The lowest BCUT2D eigenvalue weighted by atomic mass is 9.88. The molecule has 0 spiro atoms. The number of carbonyl (C=O) groups is 2. The fraction of sp³-hybridized carbons (Fsp3) is 0.579. The van der Waals surface area contributed by atoms with Crippen molar-refractivity contribution in [3.63, 3.8) is 0 Å². The van der Waals surface area contributed by atoms with Gasteiger partial charge in [-0.15, -0.1) is 0 Å². The van der Waals surface area contributed by atoms with Crippen molar-refractivity contribution in [2.45, 2.75) is 43.7 Å². The molecule has 2 amide bonds. The summed E-state index contributed by atoms with van der Waals surface area (Å²) in [4.78, 5) is 26.2. The maximum Gasteiger partial charge on any atom is 0.416 e. The number of nitrogens with one attached hydrogen (secondary N) is 2. The number of carbonyl (C=O) groups excluding carboxylic acids is 2. The van der Waals surface area contributed by atoms with Gasteiger partial charge in [-0.05, 0) is 44.0 Å². The van der Waals surface area contributed by atoms with Gasteiger partial charge in [0.2, 0.25) is 11.8 Å². The van der Waals surface area contributed by atoms with Gasteiger partial charge in [0.15, 0.2) is 0 Å². The Morgan fingerprint density at radius 3 is 2.23 bits per heavy atom. The van der Waals surface area contributed by atoms with Crippen molar-refractivity contribution >= 4 is 17.5 Å². The molecule has 1 aromatic rings. The summed E-state index contributed by atoms with van der Waals surface area (Å²) in [5.74, 6) is -1.62. The fourth-order valence-corrected chi connectivity index (χ4v) is 4.10. The van der Waals surface area contributed by atoms with Gasteiger partial charge in [-0.3, -0.25) is 9.59 Å². The molecule has 3 rings (SSSR count). The maximum atomic E-state index is 13.1. The number of halogens is 6. The Morgan fingerprint density at radius 1 is 1.06 bits per heavy atom. The zero-order valence-electron chi connectivity index (χ0n) is 16.3. The zero-order valence-corrected chi connectivity index (χ0v) is 16.3. The first-order valence-corrected chi connectivity index (χ1v) is 9.74. The number of nitrogens with zero attached hydrogens (tertiary/aromatic N) is 1. The van der Waals surface area contributed by atoms with Crippen molar-refractivity contribution in [1.29, 1.82) is 0 Å². The van der Waals surface area contributed by atoms with E-state index >= 15 is 0 Å². The number of anilines is 1. The Balaban J connectivity index is 1.85. The van der Waals surface area contributed by atoms with E-state index in [2.05, 4.69) is 10.6 Å². The number of nitrogens with two attached hydrogens (primary N) is 1. The van der Waals surface area contributed by atoms with Gasteiger partial charge in [0.05, 0.1) is 23.1 Å². The number of alkyl halides is 6. The summed E-state index contributed by atoms with van der Waals surface area (Å²) in [6.45, 7) is 1.20. The highest BCUT2D eigenvalue weighted by atomic mass is 19.4. The van der Waals surface area contributed by atoms with Gasteiger partial charge in [-0.25, -0.2) is 0 Å². The number of hydrogen-bond donors (Lipinski definition) is 3. The third kappa shape index (κ3) is 5.23. The first-order chi connectivity index (χ1) is 14.4. The van der Waals surface area contributed by atoms with Gasteiger partial charge in [0.1, 0.15) is 6.04 Å². The van der Waals surface area contributed by atoms with E-state index in [1.165, 1.54) is 4.90 Å². The molecule has 0 aromatic heterocycles. The summed E-state index contributed by atoms with van der Waals surface area (Å²) in [6, 6.07) is -0.402. The van der Waals surface area contributed by atoms with Crippen LogP contribution in [-0.2, 0) is 21.9 Å². The van der Waals surface area contributed by atoms with Crippen molar-refractivity contribution in [3.8, 4) is 0 Å². The van der Waals surface area contributed by atoms with E-state index in [9.17, 15) is 35.9 Å². The van der Waals surface area contributed by atoms with Crippen molar-refractivity contribution in [3.05, 3.63) is 29.3 Å². The van der Waals surface area contributed by atoms with E-state index in [1.807, 2.05) is 0 Å². The molecule has 4 N–H and O–H groups in total. The average Bonchev–Trinajstić information content (AvgIpc) is 2.68. The predicted molar refractivity (Wildman–Crippen MR) is 98.8 cm³/mol. The number of amides is 2. The average molecular weight is 452 g/mol. The predicted octanol–water partition coefficient (Wildman–Crippen LogP) is 2.59. The molecule has 2 aliphatic rings. The molecule has 0 aliphatic carbocycles. The van der Waals surface area contributed by atoms with E-state index < -0.39 is 59.0 Å². The van der Waals surface area contributed by atoms with Gasteiger partial charge in [-0.1, -0.05) is 0 Å². The summed E-state index contributed by atoms with van der Waals surface area (Å²) in [7, 11) is 0. The highest BCUT2D eigenvalue weighted by molar-refractivity contribution is 5.87. The van der Waals surface area contributed by atoms with Gasteiger partial charge in [0.25, 0.3) is 0 Å². The highest BCUT2D eigenvalue weighted by Crippen LogP contribution is 2.38. The first-order valence-electron chi connectivity index (χ1n) is 9.74. The molecule has 172 valence electrons. The molecule has 3 atom stereocenters. The second-order valence-corrected chi connectivity index (χ2v) is 7.73. The molecule has 0 radical (unpaired) electrons. The number of hydrogen-bond acceptors (Lipinski definition) is 4. The van der Waals surface area contributed by atoms with Gasteiger partial charge < -0.3 is 21.3 Å². The summed E-state index contributed by atoms with van der Waals surface area (Å²) in [5.41, 5.74) is 2.08. The van der Waals surface area contributed by atoms with Crippen LogP contribution < -0.4 is 16.4 Å². The highest BCUT2D eigenvalue weighted by Gasteiger charge is 2.41. The fourth-order valence-electron chi connectivity index (χ4n) is 4.10. The van der Waals surface area contributed by atoms with Crippen LogP contribution in [0, 0.1) is 5.92 Å². The quantitative estimate of drug-likeness (QED) is 0.613. The van der Waals surface area contributed by atoms with Gasteiger partial charge >= 0.3 is 12.4 Å². The van der Waals surface area contributed by atoms with Crippen LogP contribution >= 0.6 is 0 Å². The third-order valence-corrected chi connectivity index (χ3v) is 5.62. The van der Waals surface area contributed by atoms with Crippen LogP contribution in [0.25, 0.3) is 0 Å². The second kappa shape index (κ2) is 8.56. The van der Waals surface area contributed by atoms with Crippen LogP contribution in [0.4, 0.5) is 32.0 Å². The first kappa shape index (κ1) is 23.2. The number of piperidine rings is 2. The zero-order chi connectivity index (χ0) is 23.0. The Hall–Kier alpha value is -2.50. The minimum Gasteiger partial charge on any atom is -0.374 e. The van der Waals surface area contributed by atoms with Crippen LogP contribution in [0.15, 0.2) is 18.2 Å². The number of benzene rings is 1. The van der Waals surface area contributed by atoms with Crippen LogP contribution in [0.5, 0.6) is 0 Å². The van der Waals surface area contributed by atoms with Crippen LogP contribution in [0.1, 0.15) is 30.4 Å². The Kier molecular flexibility index (Phi) is 6.40. The van der Waals surface area contributed by atoms with E-state index in [0.717, 1.165) is 0 Å². The summed E-state index contributed by atoms with van der Waals surface area (Å²) in [6.07, 6.45) is -8.83. The second-order valence-electron chi connectivity index (χ2n) is 7.73. The minimum absolute atomic E-state index is 0.0331. The Bertz CT molecular complexity index is 809. The molecule has 1 aromatic carbocycles. The third-order valence-electron chi connectivity index (χ3n) is 5.62. The van der Waals surface area contributed by atoms with E-state index in [-0.39, 0.29) is 12.5 Å². The maximum absolute atomic E-state index is 13.1. The minimum atomic E-state index is -4.98.